The van der Waals surface area contributed by atoms with Gasteiger partial charge < -0.3 is 4.90 Å². The summed E-state index contributed by atoms with van der Waals surface area (Å²) < 4.78 is 0. The molecular weight excluding hydrogens is 344 g/mol. The Morgan fingerprint density at radius 1 is 1.04 bits per heavy atom. The highest BCUT2D eigenvalue weighted by atomic mass is 35.5. The standard InChI is InChI=1S/C22H21ClN2O/c1-15-20(22(26)25-12-6-3-7-13-25)21(16-8-4-2-5-9-16)18-14-17(23)10-11-19(18)24-15/h2,4-5,8-11,14H,3,6-7,12-13H2,1H3. The number of aryl methyl sites for hydroxylation is 1. The average Bonchev–Trinajstić information content (AvgIpc) is 2.68. The van der Waals surface area contributed by atoms with E-state index in [1.54, 1.807) is 0 Å². The molecule has 0 unspecified atom stereocenters. The maximum atomic E-state index is 13.4. The maximum Gasteiger partial charge on any atom is 0.256 e. The summed E-state index contributed by atoms with van der Waals surface area (Å²) in [6.45, 7) is 3.57. The molecule has 1 saturated heterocycles. The van der Waals surface area contributed by atoms with Crippen molar-refractivity contribution in [3.05, 3.63) is 64.8 Å². The number of amides is 1. The molecule has 0 N–H and O–H groups in total. The van der Waals surface area contributed by atoms with Gasteiger partial charge in [0.1, 0.15) is 0 Å². The number of pyridine rings is 1. The largest absolute Gasteiger partial charge is 0.339 e. The summed E-state index contributed by atoms with van der Waals surface area (Å²) in [4.78, 5) is 20.1. The van der Waals surface area contributed by atoms with E-state index >= 15 is 0 Å². The fourth-order valence-corrected chi connectivity index (χ4v) is 3.95. The van der Waals surface area contributed by atoms with Crippen LogP contribution in [0.3, 0.4) is 0 Å². The monoisotopic (exact) mass is 364 g/mol. The minimum Gasteiger partial charge on any atom is -0.339 e. The van der Waals surface area contributed by atoms with Gasteiger partial charge in [-0.1, -0.05) is 41.9 Å². The van der Waals surface area contributed by atoms with E-state index in [0.717, 1.165) is 53.7 Å². The van der Waals surface area contributed by atoms with Crippen LogP contribution in [0.2, 0.25) is 5.02 Å². The number of rotatable bonds is 2. The lowest BCUT2D eigenvalue weighted by atomic mass is 9.93. The first kappa shape index (κ1) is 17.0. The first-order valence-corrected chi connectivity index (χ1v) is 9.47. The first-order chi connectivity index (χ1) is 12.6. The zero-order valence-electron chi connectivity index (χ0n) is 14.8. The van der Waals surface area contributed by atoms with Crippen LogP contribution in [0, 0.1) is 6.92 Å². The number of likely N-dealkylation sites (tertiary alicyclic amines) is 1. The van der Waals surface area contributed by atoms with Crippen molar-refractivity contribution in [2.75, 3.05) is 13.1 Å². The number of aromatic nitrogens is 1. The predicted molar refractivity (Wildman–Crippen MR) is 107 cm³/mol. The highest BCUT2D eigenvalue weighted by molar-refractivity contribution is 6.31. The van der Waals surface area contributed by atoms with Crippen molar-refractivity contribution >= 4 is 28.4 Å². The van der Waals surface area contributed by atoms with Gasteiger partial charge in [0.25, 0.3) is 5.91 Å². The Labute approximate surface area is 158 Å². The van der Waals surface area contributed by atoms with Gasteiger partial charge in [0.15, 0.2) is 0 Å². The van der Waals surface area contributed by atoms with Crippen molar-refractivity contribution in [2.45, 2.75) is 26.2 Å². The van der Waals surface area contributed by atoms with Crippen LogP contribution in [-0.4, -0.2) is 28.9 Å². The molecule has 2 aromatic carbocycles. The smallest absolute Gasteiger partial charge is 0.256 e. The van der Waals surface area contributed by atoms with Gasteiger partial charge in [-0.2, -0.15) is 0 Å². The minimum absolute atomic E-state index is 0.0791. The van der Waals surface area contributed by atoms with E-state index in [-0.39, 0.29) is 5.91 Å². The normalized spacial score (nSPS) is 14.6. The van der Waals surface area contributed by atoms with Crippen molar-refractivity contribution in [3.8, 4) is 11.1 Å². The molecule has 0 saturated carbocycles. The second kappa shape index (κ2) is 7.08. The molecule has 2 heterocycles. The highest BCUT2D eigenvalue weighted by Crippen LogP contribution is 2.35. The van der Waals surface area contributed by atoms with E-state index in [1.807, 2.05) is 60.4 Å². The van der Waals surface area contributed by atoms with E-state index in [9.17, 15) is 4.79 Å². The third-order valence-corrected chi connectivity index (χ3v) is 5.28. The molecule has 26 heavy (non-hydrogen) atoms. The molecule has 0 spiro atoms. The average molecular weight is 365 g/mol. The number of carbonyl (C=O) groups is 1. The Balaban J connectivity index is 1.99. The lowest BCUT2D eigenvalue weighted by molar-refractivity contribution is 0.0724. The van der Waals surface area contributed by atoms with Crippen LogP contribution in [0.4, 0.5) is 0 Å². The van der Waals surface area contributed by atoms with Gasteiger partial charge in [0.05, 0.1) is 16.8 Å². The molecule has 0 atom stereocenters. The van der Waals surface area contributed by atoms with Crippen LogP contribution in [0.15, 0.2) is 48.5 Å². The van der Waals surface area contributed by atoms with Gasteiger partial charge in [-0.25, -0.2) is 0 Å². The second-order valence-electron chi connectivity index (χ2n) is 6.83. The number of piperidine rings is 1. The quantitative estimate of drug-likeness (QED) is 0.602. The summed E-state index contributed by atoms with van der Waals surface area (Å²) in [5.41, 5.74) is 4.29. The lowest BCUT2D eigenvalue weighted by Gasteiger charge is -2.28. The van der Waals surface area contributed by atoms with Gasteiger partial charge in [-0.3, -0.25) is 9.78 Å². The SMILES string of the molecule is Cc1nc2ccc(Cl)cc2c(-c2ccccc2)c1C(=O)N1CCCCC1. The van der Waals surface area contributed by atoms with Crippen molar-refractivity contribution in [1.82, 2.24) is 9.88 Å². The minimum atomic E-state index is 0.0791. The van der Waals surface area contributed by atoms with Crippen molar-refractivity contribution in [2.24, 2.45) is 0 Å². The van der Waals surface area contributed by atoms with Crippen molar-refractivity contribution < 1.29 is 4.79 Å². The summed E-state index contributed by atoms with van der Waals surface area (Å²) in [6, 6.07) is 15.7. The van der Waals surface area contributed by atoms with Gasteiger partial charge >= 0.3 is 0 Å². The van der Waals surface area contributed by atoms with E-state index in [0.29, 0.717) is 10.6 Å². The van der Waals surface area contributed by atoms with Crippen molar-refractivity contribution in [3.63, 3.8) is 0 Å². The Morgan fingerprint density at radius 3 is 2.50 bits per heavy atom. The number of nitrogens with zero attached hydrogens (tertiary/aromatic N) is 2. The molecule has 0 radical (unpaired) electrons. The number of fused-ring (bicyclic) bond motifs is 1. The van der Waals surface area contributed by atoms with E-state index in [2.05, 4.69) is 0 Å². The molecule has 3 aromatic rings. The van der Waals surface area contributed by atoms with Crippen LogP contribution in [0.1, 0.15) is 35.3 Å². The lowest BCUT2D eigenvalue weighted by Crippen LogP contribution is -2.36. The van der Waals surface area contributed by atoms with Crippen molar-refractivity contribution in [1.29, 1.82) is 0 Å². The molecule has 1 aliphatic rings. The fraction of sp³-hybridized carbons (Fsp3) is 0.273. The van der Waals surface area contributed by atoms with E-state index in [1.165, 1.54) is 6.42 Å². The molecule has 4 rings (SSSR count). The van der Waals surface area contributed by atoms with Gasteiger partial charge in [0, 0.05) is 29.1 Å². The number of carbonyl (C=O) groups excluding carboxylic acids is 1. The fourth-order valence-electron chi connectivity index (χ4n) is 3.78. The molecule has 1 fully saturated rings. The maximum absolute atomic E-state index is 13.4. The predicted octanol–water partition coefficient (Wildman–Crippen LogP) is 5.49. The molecule has 132 valence electrons. The Bertz CT molecular complexity index is 963. The van der Waals surface area contributed by atoms with Gasteiger partial charge in [-0.15, -0.1) is 0 Å². The number of hydrogen-bond acceptors (Lipinski definition) is 2. The zero-order valence-corrected chi connectivity index (χ0v) is 15.6. The molecule has 4 heteroatoms. The molecule has 1 amide bonds. The van der Waals surface area contributed by atoms with Crippen LogP contribution in [0.25, 0.3) is 22.0 Å². The van der Waals surface area contributed by atoms with Crippen LogP contribution in [0.5, 0.6) is 0 Å². The number of benzene rings is 2. The molecule has 0 aliphatic carbocycles. The van der Waals surface area contributed by atoms with Gasteiger partial charge in [0.2, 0.25) is 0 Å². The summed E-state index contributed by atoms with van der Waals surface area (Å²) in [7, 11) is 0. The summed E-state index contributed by atoms with van der Waals surface area (Å²) in [6.07, 6.45) is 3.33. The zero-order chi connectivity index (χ0) is 18.1. The summed E-state index contributed by atoms with van der Waals surface area (Å²) in [5, 5.41) is 1.58. The van der Waals surface area contributed by atoms with E-state index < -0.39 is 0 Å². The molecular formula is C22H21ClN2O. The highest BCUT2D eigenvalue weighted by Gasteiger charge is 2.25. The Hall–Kier alpha value is -2.39. The molecule has 1 aliphatic heterocycles. The molecule has 3 nitrogen and oxygen atoms in total. The van der Waals surface area contributed by atoms with Crippen LogP contribution >= 0.6 is 11.6 Å². The molecule has 1 aromatic heterocycles. The molecule has 0 bridgehead atoms. The van der Waals surface area contributed by atoms with Crippen LogP contribution in [-0.2, 0) is 0 Å². The number of halogens is 1. The topological polar surface area (TPSA) is 33.2 Å². The number of hydrogen-bond donors (Lipinski definition) is 0. The Kier molecular flexibility index (Phi) is 4.64. The third-order valence-electron chi connectivity index (χ3n) is 5.05. The first-order valence-electron chi connectivity index (χ1n) is 9.10. The van der Waals surface area contributed by atoms with Crippen LogP contribution < -0.4 is 0 Å². The van der Waals surface area contributed by atoms with E-state index in [4.69, 9.17) is 16.6 Å². The second-order valence-corrected chi connectivity index (χ2v) is 7.26. The third kappa shape index (κ3) is 3.08. The van der Waals surface area contributed by atoms with Gasteiger partial charge in [-0.05, 0) is 49.9 Å². The Morgan fingerprint density at radius 2 is 1.77 bits per heavy atom. The summed E-state index contributed by atoms with van der Waals surface area (Å²) in [5.74, 6) is 0.0791. The summed E-state index contributed by atoms with van der Waals surface area (Å²) >= 11 is 6.28.